The molecule has 0 spiro atoms. The van der Waals surface area contributed by atoms with E-state index in [1.165, 1.54) is 0 Å². The standard InChI is InChI=1S/C21H27N5O3/c1-21(12-23-10-3-9-22)8-11-25(13-21)16-7-6-15-17(18(16)29-2)26(14-4-5-14)20(28)24-19(15)27/h6-7,14,23H,3-5,8,10-13H2,1-2H3,(H,24,27,28). The first-order valence-electron chi connectivity index (χ1n) is 10.2. The summed E-state index contributed by atoms with van der Waals surface area (Å²) in [7, 11) is 1.60. The van der Waals surface area contributed by atoms with E-state index in [1.54, 1.807) is 17.7 Å². The lowest BCUT2D eigenvalue weighted by molar-refractivity contribution is 0.345. The summed E-state index contributed by atoms with van der Waals surface area (Å²) in [6.45, 7) is 5.49. The monoisotopic (exact) mass is 397 g/mol. The SMILES string of the molecule is COc1c(N2CCC(C)(CNCCC#N)C2)ccc2c(=O)[nH]c(=O)n(C3CC3)c12. The fraction of sp³-hybridized carbons (Fsp3) is 0.571. The van der Waals surface area contributed by atoms with Crippen molar-refractivity contribution in [3.05, 3.63) is 33.0 Å². The summed E-state index contributed by atoms with van der Waals surface area (Å²) < 4.78 is 7.47. The Morgan fingerprint density at radius 3 is 2.86 bits per heavy atom. The van der Waals surface area contributed by atoms with Gasteiger partial charge in [-0.2, -0.15) is 5.26 Å². The van der Waals surface area contributed by atoms with Crippen molar-refractivity contribution in [1.82, 2.24) is 14.9 Å². The molecule has 154 valence electrons. The van der Waals surface area contributed by atoms with Gasteiger partial charge in [-0.25, -0.2) is 4.79 Å². The predicted octanol–water partition coefficient (Wildman–Crippen LogP) is 1.75. The number of rotatable bonds is 7. The maximum absolute atomic E-state index is 12.5. The van der Waals surface area contributed by atoms with Gasteiger partial charge >= 0.3 is 5.69 Å². The van der Waals surface area contributed by atoms with E-state index < -0.39 is 0 Å². The molecule has 0 bridgehead atoms. The molecular weight excluding hydrogens is 370 g/mol. The molecule has 2 aromatic rings. The highest BCUT2D eigenvalue weighted by atomic mass is 16.5. The van der Waals surface area contributed by atoms with Crippen LogP contribution >= 0.6 is 0 Å². The first kappa shape index (κ1) is 19.5. The smallest absolute Gasteiger partial charge is 0.329 e. The molecular formula is C21H27N5O3. The third kappa shape index (κ3) is 3.62. The summed E-state index contributed by atoms with van der Waals surface area (Å²) in [6, 6.07) is 6.00. The Balaban J connectivity index is 1.70. The second-order valence-electron chi connectivity index (χ2n) is 8.44. The van der Waals surface area contributed by atoms with Crippen LogP contribution in [0.4, 0.5) is 5.69 Å². The molecule has 1 unspecified atom stereocenters. The molecule has 1 aliphatic carbocycles. The number of nitrogens with zero attached hydrogens (tertiary/aromatic N) is 3. The van der Waals surface area contributed by atoms with Crippen molar-refractivity contribution in [1.29, 1.82) is 5.26 Å². The minimum absolute atomic E-state index is 0.0831. The Bertz CT molecular complexity index is 1080. The van der Waals surface area contributed by atoms with Crippen molar-refractivity contribution in [2.24, 2.45) is 5.41 Å². The molecule has 0 radical (unpaired) electrons. The number of methoxy groups -OCH3 is 1. The largest absolute Gasteiger partial charge is 0.492 e. The van der Waals surface area contributed by atoms with E-state index in [0.29, 0.717) is 29.6 Å². The minimum Gasteiger partial charge on any atom is -0.492 e. The highest BCUT2D eigenvalue weighted by molar-refractivity contribution is 5.90. The number of nitriles is 1. The lowest BCUT2D eigenvalue weighted by Crippen LogP contribution is -2.35. The molecule has 2 aliphatic rings. The lowest BCUT2D eigenvalue weighted by atomic mass is 9.90. The van der Waals surface area contributed by atoms with E-state index in [4.69, 9.17) is 10.00 Å². The molecule has 2 heterocycles. The molecule has 1 atom stereocenters. The van der Waals surface area contributed by atoms with E-state index in [2.05, 4.69) is 28.2 Å². The third-order valence-corrected chi connectivity index (χ3v) is 6.02. The van der Waals surface area contributed by atoms with Gasteiger partial charge in [0.15, 0.2) is 5.75 Å². The van der Waals surface area contributed by atoms with Crippen molar-refractivity contribution in [2.45, 2.75) is 38.6 Å². The number of H-pyrrole nitrogens is 1. The maximum Gasteiger partial charge on any atom is 0.329 e. The van der Waals surface area contributed by atoms with Crippen LogP contribution in [0.2, 0.25) is 0 Å². The number of hydrogen-bond donors (Lipinski definition) is 2. The summed E-state index contributed by atoms with van der Waals surface area (Å²) in [5.41, 5.74) is 0.856. The predicted molar refractivity (Wildman–Crippen MR) is 112 cm³/mol. The number of aromatic amines is 1. The van der Waals surface area contributed by atoms with Crippen LogP contribution in [0.1, 0.15) is 38.6 Å². The average molecular weight is 397 g/mol. The number of ether oxygens (including phenoxy) is 1. The van der Waals surface area contributed by atoms with Gasteiger partial charge in [-0.3, -0.25) is 14.3 Å². The van der Waals surface area contributed by atoms with E-state index in [1.807, 2.05) is 6.07 Å². The van der Waals surface area contributed by atoms with Crippen LogP contribution in [0.25, 0.3) is 10.9 Å². The topological polar surface area (TPSA) is 103 Å². The van der Waals surface area contributed by atoms with Crippen molar-refractivity contribution in [3.8, 4) is 11.8 Å². The summed E-state index contributed by atoms with van der Waals surface area (Å²) >= 11 is 0. The number of benzene rings is 1. The summed E-state index contributed by atoms with van der Waals surface area (Å²) in [5, 5.41) is 12.6. The Labute approximate surface area is 169 Å². The van der Waals surface area contributed by atoms with Gasteiger partial charge in [-0.05, 0) is 36.8 Å². The summed E-state index contributed by atoms with van der Waals surface area (Å²) in [6.07, 6.45) is 3.39. The van der Waals surface area contributed by atoms with Crippen molar-refractivity contribution >= 4 is 16.6 Å². The normalized spacial score (nSPS) is 21.5. The second-order valence-corrected chi connectivity index (χ2v) is 8.44. The van der Waals surface area contributed by atoms with Crippen LogP contribution in [0.5, 0.6) is 5.75 Å². The van der Waals surface area contributed by atoms with Gasteiger partial charge in [0.1, 0.15) is 5.52 Å². The van der Waals surface area contributed by atoms with Crippen LogP contribution in [-0.4, -0.2) is 42.8 Å². The Morgan fingerprint density at radius 1 is 1.38 bits per heavy atom. The Hall–Kier alpha value is -2.79. The Kier molecular flexibility index (Phi) is 5.09. The number of nitrogens with one attached hydrogen (secondary N) is 2. The van der Waals surface area contributed by atoms with Crippen LogP contribution in [-0.2, 0) is 0 Å². The first-order valence-corrected chi connectivity index (χ1v) is 10.2. The average Bonchev–Trinajstić information content (AvgIpc) is 3.46. The summed E-state index contributed by atoms with van der Waals surface area (Å²) in [5.74, 6) is 0.597. The fourth-order valence-electron chi connectivity index (χ4n) is 4.35. The number of hydrogen-bond acceptors (Lipinski definition) is 6. The molecule has 8 nitrogen and oxygen atoms in total. The highest BCUT2D eigenvalue weighted by Gasteiger charge is 2.36. The van der Waals surface area contributed by atoms with Crippen molar-refractivity contribution in [2.75, 3.05) is 38.2 Å². The van der Waals surface area contributed by atoms with Crippen molar-refractivity contribution < 1.29 is 4.74 Å². The molecule has 4 rings (SSSR count). The zero-order valence-electron chi connectivity index (χ0n) is 17.0. The van der Waals surface area contributed by atoms with Gasteiger partial charge in [0.25, 0.3) is 5.56 Å². The van der Waals surface area contributed by atoms with Gasteiger partial charge in [0.2, 0.25) is 0 Å². The molecule has 1 aliphatic heterocycles. The van der Waals surface area contributed by atoms with Crippen LogP contribution in [0, 0.1) is 16.7 Å². The zero-order chi connectivity index (χ0) is 20.6. The molecule has 2 N–H and O–H groups in total. The van der Waals surface area contributed by atoms with Crippen LogP contribution in [0.3, 0.4) is 0 Å². The van der Waals surface area contributed by atoms with Gasteiger partial charge in [-0.1, -0.05) is 6.92 Å². The third-order valence-electron chi connectivity index (χ3n) is 6.02. The molecule has 0 amide bonds. The minimum atomic E-state index is -0.375. The summed E-state index contributed by atoms with van der Waals surface area (Å²) in [4.78, 5) is 29.6. The van der Waals surface area contributed by atoms with Crippen LogP contribution < -0.4 is 26.2 Å². The van der Waals surface area contributed by atoms with Crippen molar-refractivity contribution in [3.63, 3.8) is 0 Å². The number of aromatic nitrogens is 2. The first-order chi connectivity index (χ1) is 14.0. The van der Waals surface area contributed by atoms with Gasteiger partial charge in [0.05, 0.1) is 24.3 Å². The Morgan fingerprint density at radius 2 is 2.17 bits per heavy atom. The quantitative estimate of drug-likeness (QED) is 0.690. The van der Waals surface area contributed by atoms with Gasteiger partial charge in [-0.15, -0.1) is 0 Å². The molecule has 8 heteroatoms. The molecule has 1 saturated carbocycles. The second kappa shape index (κ2) is 7.56. The zero-order valence-corrected chi connectivity index (χ0v) is 17.0. The molecule has 1 saturated heterocycles. The van der Waals surface area contributed by atoms with Gasteiger partial charge < -0.3 is 15.0 Å². The molecule has 1 aromatic heterocycles. The fourth-order valence-corrected chi connectivity index (χ4v) is 4.35. The molecule has 2 fully saturated rings. The molecule has 29 heavy (non-hydrogen) atoms. The maximum atomic E-state index is 12.5. The number of anilines is 1. The van der Waals surface area contributed by atoms with E-state index in [-0.39, 0.29) is 22.7 Å². The van der Waals surface area contributed by atoms with Crippen LogP contribution in [0.15, 0.2) is 21.7 Å². The van der Waals surface area contributed by atoms with E-state index >= 15 is 0 Å². The number of fused-ring (bicyclic) bond motifs is 1. The molecule has 1 aromatic carbocycles. The lowest BCUT2D eigenvalue weighted by Gasteiger charge is -2.27. The van der Waals surface area contributed by atoms with Gasteiger partial charge in [0, 0.05) is 38.6 Å². The van der Waals surface area contributed by atoms with E-state index in [0.717, 1.165) is 44.6 Å². The highest BCUT2D eigenvalue weighted by Crippen LogP contribution is 2.43. The van der Waals surface area contributed by atoms with E-state index in [9.17, 15) is 9.59 Å².